The fraction of sp³-hybridized carbons (Fsp3) is 0.296. The number of rotatable bonds is 8. The van der Waals surface area contributed by atoms with E-state index >= 15 is 0 Å². The number of fused-ring (bicyclic) bond motifs is 1. The highest BCUT2D eigenvalue weighted by Gasteiger charge is 2.28. The van der Waals surface area contributed by atoms with Crippen LogP contribution < -0.4 is 5.32 Å². The monoisotopic (exact) mass is 552 g/mol. The summed E-state index contributed by atoms with van der Waals surface area (Å²) in [6.07, 6.45) is 0.0865. The summed E-state index contributed by atoms with van der Waals surface area (Å²) in [4.78, 5) is 27.6. The number of ether oxygens (including phenoxy) is 1. The average molecular weight is 553 g/mol. The summed E-state index contributed by atoms with van der Waals surface area (Å²) in [5.41, 5.74) is 2.36. The molecule has 0 saturated heterocycles. The summed E-state index contributed by atoms with van der Waals surface area (Å²) in [7, 11) is -3.76. The summed E-state index contributed by atoms with van der Waals surface area (Å²) in [5, 5.41) is 12.9. The minimum absolute atomic E-state index is 0.0928. The van der Waals surface area contributed by atoms with E-state index in [4.69, 9.17) is 4.74 Å². The number of anilines is 1. The Bertz CT molecular complexity index is 1460. The van der Waals surface area contributed by atoms with Crippen molar-refractivity contribution in [1.29, 1.82) is 5.26 Å². The molecule has 0 aliphatic carbocycles. The third-order valence-corrected chi connectivity index (χ3v) is 9.30. The number of amides is 2. The smallest absolute Gasteiger partial charge is 0.410 e. The van der Waals surface area contributed by atoms with Crippen molar-refractivity contribution in [3.8, 4) is 6.07 Å². The van der Waals surface area contributed by atoms with E-state index in [1.807, 2.05) is 30.3 Å². The Kier molecular flexibility index (Phi) is 8.46. The summed E-state index contributed by atoms with van der Waals surface area (Å²) < 4.78 is 32.9. The molecule has 2 amide bonds. The molecule has 2 heterocycles. The van der Waals surface area contributed by atoms with Gasteiger partial charge in [0.2, 0.25) is 10.0 Å². The third kappa shape index (κ3) is 5.72. The van der Waals surface area contributed by atoms with Gasteiger partial charge >= 0.3 is 6.09 Å². The van der Waals surface area contributed by atoms with Crippen molar-refractivity contribution in [3.63, 3.8) is 0 Å². The number of hydrogen-bond donors (Lipinski definition) is 1. The van der Waals surface area contributed by atoms with Crippen LogP contribution in [0.4, 0.5) is 9.80 Å². The minimum Gasteiger partial charge on any atom is -0.450 e. The Morgan fingerprint density at radius 3 is 2.47 bits per heavy atom. The fourth-order valence-electron chi connectivity index (χ4n) is 4.24. The molecule has 1 aliphatic heterocycles. The molecule has 1 aromatic heterocycles. The first-order chi connectivity index (χ1) is 18.3. The lowest BCUT2D eigenvalue weighted by Gasteiger charge is -2.25. The van der Waals surface area contributed by atoms with Gasteiger partial charge in [-0.05, 0) is 48.7 Å². The zero-order valence-corrected chi connectivity index (χ0v) is 22.8. The van der Waals surface area contributed by atoms with Crippen LogP contribution in [0.1, 0.15) is 45.8 Å². The number of carbonyl (C=O) groups excluding carboxylic acids is 2. The van der Waals surface area contributed by atoms with Crippen LogP contribution in [-0.4, -0.2) is 49.3 Å². The van der Waals surface area contributed by atoms with Crippen molar-refractivity contribution >= 4 is 38.4 Å². The van der Waals surface area contributed by atoms with Gasteiger partial charge in [-0.15, -0.1) is 11.3 Å². The molecule has 0 bridgehead atoms. The van der Waals surface area contributed by atoms with Crippen LogP contribution in [-0.2, 0) is 34.3 Å². The van der Waals surface area contributed by atoms with Crippen molar-refractivity contribution in [1.82, 2.24) is 9.21 Å². The van der Waals surface area contributed by atoms with E-state index in [0.717, 1.165) is 16.0 Å². The first kappa shape index (κ1) is 27.3. The van der Waals surface area contributed by atoms with Gasteiger partial charge in [0, 0.05) is 30.1 Å². The molecule has 11 heteroatoms. The Balaban J connectivity index is 1.49. The molecule has 38 heavy (non-hydrogen) atoms. The normalized spacial score (nSPS) is 13.1. The van der Waals surface area contributed by atoms with E-state index in [0.29, 0.717) is 36.6 Å². The molecule has 0 saturated carbocycles. The second-order valence-electron chi connectivity index (χ2n) is 8.59. The quantitative estimate of drug-likeness (QED) is 0.436. The molecule has 3 aromatic rings. The second kappa shape index (κ2) is 11.8. The first-order valence-electron chi connectivity index (χ1n) is 12.2. The Hall–Kier alpha value is -3.72. The van der Waals surface area contributed by atoms with Gasteiger partial charge in [0.05, 0.1) is 23.6 Å². The van der Waals surface area contributed by atoms with E-state index < -0.39 is 22.0 Å². The lowest BCUT2D eigenvalue weighted by atomic mass is 10.0. The summed E-state index contributed by atoms with van der Waals surface area (Å²) in [6, 6.07) is 17.3. The zero-order chi connectivity index (χ0) is 27.3. The van der Waals surface area contributed by atoms with Crippen LogP contribution in [0, 0.1) is 11.3 Å². The average Bonchev–Trinajstić information content (AvgIpc) is 3.28. The van der Waals surface area contributed by atoms with E-state index in [9.17, 15) is 23.3 Å². The number of nitriles is 1. The van der Waals surface area contributed by atoms with Gasteiger partial charge in [0.15, 0.2) is 0 Å². The van der Waals surface area contributed by atoms with Gasteiger partial charge in [-0.2, -0.15) is 9.57 Å². The van der Waals surface area contributed by atoms with E-state index in [2.05, 4.69) is 11.4 Å². The molecule has 198 valence electrons. The SMILES string of the molecule is CCOC(=O)N1CCc2c(sc(NC(=O)c3ccc(S(=O)(=O)N(CC)Cc4ccccc4)cc3)c2C#N)C1. The van der Waals surface area contributed by atoms with Crippen molar-refractivity contribution in [2.24, 2.45) is 0 Å². The number of thiophene rings is 1. The Morgan fingerprint density at radius 2 is 1.84 bits per heavy atom. The van der Waals surface area contributed by atoms with Gasteiger partial charge in [-0.25, -0.2) is 13.2 Å². The maximum Gasteiger partial charge on any atom is 0.410 e. The third-order valence-electron chi connectivity index (χ3n) is 6.23. The highest BCUT2D eigenvalue weighted by molar-refractivity contribution is 7.89. The molecule has 0 atom stereocenters. The van der Waals surface area contributed by atoms with E-state index in [1.54, 1.807) is 18.7 Å². The molecular formula is C27H28N4O5S2. The number of sulfonamides is 1. The molecule has 0 unspecified atom stereocenters. The Morgan fingerprint density at radius 1 is 1.13 bits per heavy atom. The number of hydrogen-bond acceptors (Lipinski definition) is 7. The van der Waals surface area contributed by atoms with Gasteiger partial charge in [-0.1, -0.05) is 37.3 Å². The van der Waals surface area contributed by atoms with Gasteiger partial charge < -0.3 is 15.0 Å². The van der Waals surface area contributed by atoms with Gasteiger partial charge in [-0.3, -0.25) is 4.79 Å². The van der Waals surface area contributed by atoms with Crippen molar-refractivity contribution in [3.05, 3.63) is 81.7 Å². The standard InChI is InChI=1S/C27H28N4O5S2/c1-3-31(17-19-8-6-5-7-9-19)38(34,35)21-12-10-20(11-13-21)25(32)29-26-23(16-28)22-14-15-30(18-24(22)37-26)27(33)36-4-2/h5-13H,3-4,14-15,17-18H2,1-2H3,(H,29,32). The van der Waals surface area contributed by atoms with E-state index in [-0.39, 0.29) is 23.6 Å². The van der Waals surface area contributed by atoms with E-state index in [1.165, 1.54) is 39.9 Å². The van der Waals surface area contributed by atoms with Crippen LogP contribution >= 0.6 is 11.3 Å². The van der Waals surface area contributed by atoms with Crippen LogP contribution in [0.15, 0.2) is 59.5 Å². The molecular weight excluding hydrogens is 524 g/mol. The summed E-state index contributed by atoms with van der Waals surface area (Å²) in [5.74, 6) is -0.456. The second-order valence-corrected chi connectivity index (χ2v) is 11.6. The lowest BCUT2D eigenvalue weighted by Crippen LogP contribution is -2.35. The van der Waals surface area contributed by atoms with Crippen LogP contribution in [0.25, 0.3) is 0 Å². The minimum atomic E-state index is -3.76. The predicted octanol–water partition coefficient (Wildman–Crippen LogP) is 4.60. The molecule has 0 fully saturated rings. The molecule has 1 N–H and O–H groups in total. The number of benzene rings is 2. The molecule has 1 aliphatic rings. The largest absolute Gasteiger partial charge is 0.450 e. The first-order valence-corrected chi connectivity index (χ1v) is 14.5. The fourth-order valence-corrected chi connectivity index (χ4v) is 6.88. The van der Waals surface area contributed by atoms with Gasteiger partial charge in [0.1, 0.15) is 11.1 Å². The zero-order valence-electron chi connectivity index (χ0n) is 21.1. The highest BCUT2D eigenvalue weighted by Crippen LogP contribution is 2.37. The predicted molar refractivity (Wildman–Crippen MR) is 144 cm³/mol. The molecule has 9 nitrogen and oxygen atoms in total. The Labute approximate surface area is 226 Å². The topological polar surface area (TPSA) is 120 Å². The van der Waals surface area contributed by atoms with Crippen LogP contribution in [0.3, 0.4) is 0 Å². The summed E-state index contributed by atoms with van der Waals surface area (Å²) in [6.45, 7) is 5.09. The maximum absolute atomic E-state index is 13.2. The van der Waals surface area contributed by atoms with Crippen molar-refractivity contribution < 1.29 is 22.7 Å². The van der Waals surface area contributed by atoms with Crippen LogP contribution in [0.5, 0.6) is 0 Å². The van der Waals surface area contributed by atoms with Crippen molar-refractivity contribution in [2.75, 3.05) is 25.0 Å². The molecule has 0 spiro atoms. The molecule has 0 radical (unpaired) electrons. The number of nitrogens with zero attached hydrogens (tertiary/aromatic N) is 3. The maximum atomic E-state index is 13.2. The molecule has 4 rings (SSSR count). The highest BCUT2D eigenvalue weighted by atomic mass is 32.2. The van der Waals surface area contributed by atoms with Crippen molar-refractivity contribution in [2.45, 2.75) is 38.3 Å². The number of carbonyl (C=O) groups is 2. The van der Waals surface area contributed by atoms with Gasteiger partial charge in [0.25, 0.3) is 5.91 Å². The number of nitrogens with one attached hydrogen (secondary N) is 1. The lowest BCUT2D eigenvalue weighted by molar-refractivity contribution is 0.102. The van der Waals surface area contributed by atoms with Crippen LogP contribution in [0.2, 0.25) is 0 Å². The summed E-state index contributed by atoms with van der Waals surface area (Å²) >= 11 is 1.26. The molecule has 2 aromatic carbocycles.